The van der Waals surface area contributed by atoms with Crippen LogP contribution in [0.25, 0.3) is 11.4 Å². The Morgan fingerprint density at radius 1 is 1.26 bits per heavy atom. The molecule has 1 heterocycles. The first-order valence-corrected chi connectivity index (χ1v) is 10.3. The average molecular weight is 466 g/mol. The van der Waals surface area contributed by atoms with Gasteiger partial charge in [-0.3, -0.25) is 4.79 Å². The standard InChI is InChI=1S/C19H18BrClN4OS/c1-11-8-9-16(14(20)10-11)22-18(26)12(2)27-19-24-23-17(25(19)3)13-6-4-5-7-15(13)21/h4-10,12H,1-3H3,(H,22,26). The summed E-state index contributed by atoms with van der Waals surface area (Å²) in [6.45, 7) is 3.84. The van der Waals surface area contributed by atoms with Gasteiger partial charge in [0, 0.05) is 17.1 Å². The Balaban J connectivity index is 1.73. The lowest BCUT2D eigenvalue weighted by atomic mass is 10.2. The zero-order chi connectivity index (χ0) is 19.6. The second-order valence-electron chi connectivity index (χ2n) is 6.08. The van der Waals surface area contributed by atoms with Gasteiger partial charge in [0.15, 0.2) is 11.0 Å². The number of aryl methyl sites for hydroxylation is 1. The number of thioether (sulfide) groups is 1. The van der Waals surface area contributed by atoms with Crippen molar-refractivity contribution in [2.75, 3.05) is 5.32 Å². The third-order valence-electron chi connectivity index (χ3n) is 3.98. The van der Waals surface area contributed by atoms with E-state index in [4.69, 9.17) is 11.6 Å². The normalized spacial score (nSPS) is 12.0. The first kappa shape index (κ1) is 19.9. The van der Waals surface area contributed by atoms with Gasteiger partial charge in [0.1, 0.15) is 0 Å². The Hall–Kier alpha value is -1.83. The molecular weight excluding hydrogens is 448 g/mol. The van der Waals surface area contributed by atoms with Crippen molar-refractivity contribution in [1.29, 1.82) is 0 Å². The largest absolute Gasteiger partial charge is 0.324 e. The van der Waals surface area contributed by atoms with E-state index in [2.05, 4.69) is 31.4 Å². The molecule has 0 saturated heterocycles. The van der Waals surface area contributed by atoms with E-state index in [0.29, 0.717) is 16.0 Å². The third-order valence-corrected chi connectivity index (χ3v) is 6.10. The highest BCUT2D eigenvalue weighted by molar-refractivity contribution is 9.10. The molecule has 1 unspecified atom stereocenters. The number of anilines is 1. The maximum atomic E-state index is 12.6. The molecule has 140 valence electrons. The quantitative estimate of drug-likeness (QED) is 0.518. The molecule has 0 aliphatic heterocycles. The highest BCUT2D eigenvalue weighted by Crippen LogP contribution is 2.30. The molecule has 3 aromatic rings. The summed E-state index contributed by atoms with van der Waals surface area (Å²) in [5.74, 6) is 0.559. The molecule has 0 bridgehead atoms. The van der Waals surface area contributed by atoms with Gasteiger partial charge >= 0.3 is 0 Å². The molecule has 1 amide bonds. The predicted molar refractivity (Wildman–Crippen MR) is 114 cm³/mol. The van der Waals surface area contributed by atoms with Crippen LogP contribution in [0.2, 0.25) is 5.02 Å². The van der Waals surface area contributed by atoms with Crippen LogP contribution in [0.1, 0.15) is 12.5 Å². The van der Waals surface area contributed by atoms with Crippen molar-refractivity contribution >= 4 is 50.9 Å². The number of carbonyl (C=O) groups is 1. The van der Waals surface area contributed by atoms with E-state index in [1.54, 1.807) is 0 Å². The Labute approximate surface area is 175 Å². The molecule has 1 atom stereocenters. The van der Waals surface area contributed by atoms with Crippen LogP contribution in [-0.4, -0.2) is 25.9 Å². The fourth-order valence-corrected chi connectivity index (χ4v) is 4.09. The summed E-state index contributed by atoms with van der Waals surface area (Å²) in [6.07, 6.45) is 0. The number of aromatic nitrogens is 3. The smallest absolute Gasteiger partial charge is 0.237 e. The molecule has 0 radical (unpaired) electrons. The van der Waals surface area contributed by atoms with Crippen LogP contribution in [0.5, 0.6) is 0 Å². The van der Waals surface area contributed by atoms with Crippen molar-refractivity contribution in [1.82, 2.24) is 14.8 Å². The number of rotatable bonds is 5. The van der Waals surface area contributed by atoms with Crippen molar-refractivity contribution in [2.24, 2.45) is 7.05 Å². The third kappa shape index (κ3) is 4.54. The van der Waals surface area contributed by atoms with Crippen LogP contribution in [0.15, 0.2) is 52.1 Å². The summed E-state index contributed by atoms with van der Waals surface area (Å²) in [4.78, 5) is 12.6. The van der Waals surface area contributed by atoms with Crippen molar-refractivity contribution in [2.45, 2.75) is 24.3 Å². The predicted octanol–water partition coefficient (Wildman–Crippen LogP) is 5.33. The SMILES string of the molecule is Cc1ccc(NC(=O)C(C)Sc2nnc(-c3ccccc3Cl)n2C)c(Br)c1. The summed E-state index contributed by atoms with van der Waals surface area (Å²) >= 11 is 11.1. The van der Waals surface area contributed by atoms with E-state index in [1.165, 1.54) is 11.8 Å². The maximum Gasteiger partial charge on any atom is 0.237 e. The molecule has 5 nitrogen and oxygen atoms in total. The van der Waals surface area contributed by atoms with Gasteiger partial charge in [0.05, 0.1) is 16.0 Å². The van der Waals surface area contributed by atoms with Gasteiger partial charge < -0.3 is 9.88 Å². The van der Waals surface area contributed by atoms with E-state index in [1.807, 2.05) is 67.9 Å². The summed E-state index contributed by atoms with van der Waals surface area (Å²) in [7, 11) is 1.86. The lowest BCUT2D eigenvalue weighted by Crippen LogP contribution is -2.23. The summed E-state index contributed by atoms with van der Waals surface area (Å²) in [5.41, 5.74) is 2.67. The van der Waals surface area contributed by atoms with Crippen LogP contribution < -0.4 is 5.32 Å². The number of nitrogens with one attached hydrogen (secondary N) is 1. The fraction of sp³-hybridized carbons (Fsp3) is 0.211. The summed E-state index contributed by atoms with van der Waals surface area (Å²) < 4.78 is 2.70. The van der Waals surface area contributed by atoms with E-state index in [9.17, 15) is 4.79 Å². The highest BCUT2D eigenvalue weighted by atomic mass is 79.9. The van der Waals surface area contributed by atoms with Crippen LogP contribution in [0.3, 0.4) is 0 Å². The second-order valence-corrected chi connectivity index (χ2v) is 8.65. The van der Waals surface area contributed by atoms with Gasteiger partial charge in [-0.1, -0.05) is 41.6 Å². The van der Waals surface area contributed by atoms with E-state index < -0.39 is 0 Å². The van der Waals surface area contributed by atoms with Crippen molar-refractivity contribution in [3.63, 3.8) is 0 Å². The Kier molecular flexibility index (Phi) is 6.24. The van der Waals surface area contributed by atoms with Crippen LogP contribution in [-0.2, 0) is 11.8 Å². The Morgan fingerprint density at radius 3 is 2.70 bits per heavy atom. The van der Waals surface area contributed by atoms with Gasteiger partial charge in [-0.2, -0.15) is 0 Å². The van der Waals surface area contributed by atoms with E-state index in [-0.39, 0.29) is 11.2 Å². The topological polar surface area (TPSA) is 59.8 Å². The number of halogens is 2. The minimum atomic E-state index is -0.347. The number of carbonyl (C=O) groups excluding carboxylic acids is 1. The molecule has 0 fully saturated rings. The van der Waals surface area contributed by atoms with E-state index >= 15 is 0 Å². The van der Waals surface area contributed by atoms with Crippen LogP contribution in [0, 0.1) is 6.92 Å². The minimum absolute atomic E-state index is 0.105. The Bertz CT molecular complexity index is 992. The van der Waals surface area contributed by atoms with Crippen molar-refractivity contribution < 1.29 is 4.79 Å². The zero-order valence-corrected chi connectivity index (χ0v) is 18.2. The minimum Gasteiger partial charge on any atom is -0.324 e. The molecule has 8 heteroatoms. The van der Waals surface area contributed by atoms with Gasteiger partial charge in [-0.25, -0.2) is 0 Å². The molecular formula is C19H18BrClN4OS. The monoisotopic (exact) mass is 464 g/mol. The second kappa shape index (κ2) is 8.46. The maximum absolute atomic E-state index is 12.6. The van der Waals surface area contributed by atoms with Crippen LogP contribution in [0.4, 0.5) is 5.69 Å². The summed E-state index contributed by atoms with van der Waals surface area (Å²) in [6, 6.07) is 13.3. The van der Waals surface area contributed by atoms with Crippen molar-refractivity contribution in [3.8, 4) is 11.4 Å². The van der Waals surface area contributed by atoms with Crippen molar-refractivity contribution in [3.05, 3.63) is 57.5 Å². The number of benzene rings is 2. The molecule has 3 rings (SSSR count). The molecule has 0 aliphatic rings. The molecule has 27 heavy (non-hydrogen) atoms. The molecule has 1 N–H and O–H groups in total. The number of hydrogen-bond donors (Lipinski definition) is 1. The number of nitrogens with zero attached hydrogens (tertiary/aromatic N) is 3. The number of hydrogen-bond acceptors (Lipinski definition) is 4. The average Bonchev–Trinajstić information content (AvgIpc) is 2.98. The molecule has 0 aliphatic carbocycles. The number of amides is 1. The van der Waals surface area contributed by atoms with Crippen LogP contribution >= 0.6 is 39.3 Å². The molecule has 2 aromatic carbocycles. The first-order chi connectivity index (χ1) is 12.9. The highest BCUT2D eigenvalue weighted by Gasteiger charge is 2.20. The Morgan fingerprint density at radius 2 is 2.00 bits per heavy atom. The van der Waals surface area contributed by atoms with Gasteiger partial charge in [-0.05, 0) is 59.6 Å². The fourth-order valence-electron chi connectivity index (χ4n) is 2.46. The lowest BCUT2D eigenvalue weighted by Gasteiger charge is -2.13. The van der Waals surface area contributed by atoms with Gasteiger partial charge in [0.2, 0.25) is 5.91 Å². The zero-order valence-electron chi connectivity index (χ0n) is 15.0. The first-order valence-electron chi connectivity index (χ1n) is 8.24. The van der Waals surface area contributed by atoms with Gasteiger partial charge in [0.25, 0.3) is 0 Å². The molecule has 0 saturated carbocycles. The molecule has 1 aromatic heterocycles. The van der Waals surface area contributed by atoms with E-state index in [0.717, 1.165) is 21.3 Å². The molecule has 0 spiro atoms. The summed E-state index contributed by atoms with van der Waals surface area (Å²) in [5, 5.41) is 12.3. The van der Waals surface area contributed by atoms with Gasteiger partial charge in [-0.15, -0.1) is 10.2 Å². The lowest BCUT2D eigenvalue weighted by molar-refractivity contribution is -0.115.